The van der Waals surface area contributed by atoms with Gasteiger partial charge >= 0.3 is 0 Å². The van der Waals surface area contributed by atoms with Gasteiger partial charge in [-0.1, -0.05) is 15.9 Å². The van der Waals surface area contributed by atoms with E-state index in [-0.39, 0.29) is 11.7 Å². The zero-order chi connectivity index (χ0) is 10.3. The number of benzene rings is 1. The van der Waals surface area contributed by atoms with Crippen molar-refractivity contribution in [1.29, 1.82) is 0 Å². The quantitative estimate of drug-likeness (QED) is 0.719. The van der Waals surface area contributed by atoms with E-state index in [1.54, 1.807) is 18.0 Å². The Labute approximate surface area is 92.7 Å². The Morgan fingerprint density at radius 2 is 2.21 bits per heavy atom. The number of carbonyl (C=O) groups excluding carboxylic acids is 1. The molecule has 14 heavy (non-hydrogen) atoms. The lowest BCUT2D eigenvalue weighted by atomic mass is 10.3. The number of anilines is 1. The van der Waals surface area contributed by atoms with Gasteiger partial charge in [0.15, 0.2) is 0 Å². The van der Waals surface area contributed by atoms with E-state index in [9.17, 15) is 9.00 Å². The van der Waals surface area contributed by atoms with E-state index in [0.717, 1.165) is 15.1 Å². The Balaban J connectivity index is 2.62. The number of fused-ring (bicyclic) bond motifs is 1. The topological polar surface area (TPSA) is 37.4 Å². The molecule has 74 valence electrons. The van der Waals surface area contributed by atoms with Gasteiger partial charge in [-0.3, -0.25) is 9.00 Å². The number of amides is 1. The van der Waals surface area contributed by atoms with E-state index in [4.69, 9.17) is 0 Å². The van der Waals surface area contributed by atoms with E-state index >= 15 is 0 Å². The SMILES string of the molecule is CN1C(=O)CS(=O)c2ccc(Br)cc21. The van der Waals surface area contributed by atoms with Crippen molar-refractivity contribution in [2.24, 2.45) is 0 Å². The average Bonchev–Trinajstić information content (AvgIpc) is 2.14. The molecule has 1 atom stereocenters. The molecule has 0 radical (unpaired) electrons. The fraction of sp³-hybridized carbons (Fsp3) is 0.222. The molecule has 0 aliphatic carbocycles. The van der Waals surface area contributed by atoms with Crippen molar-refractivity contribution < 1.29 is 9.00 Å². The second-order valence-electron chi connectivity index (χ2n) is 3.05. The zero-order valence-electron chi connectivity index (χ0n) is 7.49. The number of nitrogens with zero attached hydrogens (tertiary/aromatic N) is 1. The lowest BCUT2D eigenvalue weighted by molar-refractivity contribution is -0.116. The van der Waals surface area contributed by atoms with E-state index in [0.29, 0.717) is 0 Å². The normalized spacial score (nSPS) is 20.9. The zero-order valence-corrected chi connectivity index (χ0v) is 9.89. The second kappa shape index (κ2) is 3.47. The molecule has 1 unspecified atom stereocenters. The third kappa shape index (κ3) is 1.50. The van der Waals surface area contributed by atoms with Gasteiger partial charge in [-0.05, 0) is 18.2 Å². The largest absolute Gasteiger partial charge is 0.313 e. The van der Waals surface area contributed by atoms with Crippen molar-refractivity contribution in [3.8, 4) is 0 Å². The van der Waals surface area contributed by atoms with Gasteiger partial charge in [-0.25, -0.2) is 0 Å². The van der Waals surface area contributed by atoms with Gasteiger partial charge in [0.1, 0.15) is 5.75 Å². The van der Waals surface area contributed by atoms with Crippen LogP contribution in [0, 0.1) is 0 Å². The van der Waals surface area contributed by atoms with Crippen LogP contribution in [0.4, 0.5) is 5.69 Å². The van der Waals surface area contributed by atoms with Crippen LogP contribution in [0.25, 0.3) is 0 Å². The predicted octanol–water partition coefficient (Wildman–Crippen LogP) is 1.53. The van der Waals surface area contributed by atoms with Gasteiger partial charge in [0.25, 0.3) is 0 Å². The molecule has 5 heteroatoms. The highest BCUT2D eigenvalue weighted by Crippen LogP contribution is 2.30. The van der Waals surface area contributed by atoms with Crippen LogP contribution in [0.5, 0.6) is 0 Å². The first-order chi connectivity index (χ1) is 6.59. The molecular formula is C9H8BrNO2S. The molecule has 1 aliphatic rings. The Morgan fingerprint density at radius 1 is 1.50 bits per heavy atom. The molecule has 1 aliphatic heterocycles. The first-order valence-corrected chi connectivity index (χ1v) is 6.15. The van der Waals surface area contributed by atoms with Crippen LogP contribution in [-0.2, 0) is 15.6 Å². The average molecular weight is 274 g/mol. The number of hydrogen-bond donors (Lipinski definition) is 0. The fourth-order valence-corrected chi connectivity index (χ4v) is 2.94. The Kier molecular flexibility index (Phi) is 2.45. The summed E-state index contributed by atoms with van der Waals surface area (Å²) in [7, 11) is 0.512. The van der Waals surface area contributed by atoms with Crippen molar-refractivity contribution in [2.45, 2.75) is 4.90 Å². The Hall–Kier alpha value is -0.680. The molecule has 2 rings (SSSR count). The van der Waals surface area contributed by atoms with Gasteiger partial charge in [0, 0.05) is 11.5 Å². The van der Waals surface area contributed by atoms with Crippen LogP contribution in [-0.4, -0.2) is 22.9 Å². The summed E-state index contributed by atoms with van der Waals surface area (Å²) in [6.45, 7) is 0. The number of halogens is 1. The summed E-state index contributed by atoms with van der Waals surface area (Å²) in [6, 6.07) is 5.43. The maximum absolute atomic E-state index is 11.6. The van der Waals surface area contributed by atoms with Crippen molar-refractivity contribution in [1.82, 2.24) is 0 Å². The molecule has 0 saturated heterocycles. The minimum Gasteiger partial charge on any atom is -0.313 e. The first kappa shape index (κ1) is 9.86. The van der Waals surface area contributed by atoms with Crippen LogP contribution < -0.4 is 4.90 Å². The van der Waals surface area contributed by atoms with E-state index < -0.39 is 10.8 Å². The number of hydrogen-bond acceptors (Lipinski definition) is 2. The lowest BCUT2D eigenvalue weighted by Gasteiger charge is -2.25. The third-order valence-corrected chi connectivity index (χ3v) is 3.99. The summed E-state index contributed by atoms with van der Waals surface area (Å²) in [5, 5.41) is 0. The second-order valence-corrected chi connectivity index (χ2v) is 5.39. The molecule has 0 bridgehead atoms. The maximum Gasteiger partial charge on any atom is 0.239 e. The summed E-state index contributed by atoms with van der Waals surface area (Å²) in [5.74, 6) is -0.0144. The third-order valence-electron chi connectivity index (χ3n) is 2.16. The van der Waals surface area contributed by atoms with Gasteiger partial charge in [-0.2, -0.15) is 0 Å². The van der Waals surface area contributed by atoms with Gasteiger partial charge in [-0.15, -0.1) is 0 Å². The molecular weight excluding hydrogens is 266 g/mol. The monoisotopic (exact) mass is 273 g/mol. The number of carbonyl (C=O) groups is 1. The van der Waals surface area contributed by atoms with E-state index in [1.807, 2.05) is 12.1 Å². The summed E-state index contributed by atoms with van der Waals surface area (Å²) in [6.07, 6.45) is 0. The Morgan fingerprint density at radius 3 is 2.93 bits per heavy atom. The van der Waals surface area contributed by atoms with Crippen molar-refractivity contribution >= 4 is 38.3 Å². The minimum absolute atomic E-state index is 0.0884. The highest BCUT2D eigenvalue weighted by molar-refractivity contribution is 9.10. The summed E-state index contributed by atoms with van der Waals surface area (Å²) in [5.41, 5.74) is 0.731. The molecule has 1 heterocycles. The Bertz CT molecular complexity index is 433. The summed E-state index contributed by atoms with van der Waals surface area (Å²) in [4.78, 5) is 13.7. The molecule has 0 fully saturated rings. The lowest BCUT2D eigenvalue weighted by Crippen LogP contribution is -2.35. The molecule has 3 nitrogen and oxygen atoms in total. The smallest absolute Gasteiger partial charge is 0.239 e. The highest BCUT2D eigenvalue weighted by atomic mass is 79.9. The van der Waals surface area contributed by atoms with E-state index in [2.05, 4.69) is 15.9 Å². The van der Waals surface area contributed by atoms with Gasteiger partial charge in [0.05, 0.1) is 21.4 Å². The van der Waals surface area contributed by atoms with E-state index in [1.165, 1.54) is 0 Å². The van der Waals surface area contributed by atoms with Gasteiger partial charge in [0.2, 0.25) is 5.91 Å². The first-order valence-electron chi connectivity index (χ1n) is 4.04. The molecule has 1 aromatic carbocycles. The maximum atomic E-state index is 11.6. The fourth-order valence-electron chi connectivity index (χ4n) is 1.37. The molecule has 0 spiro atoms. The molecule has 0 aromatic heterocycles. The van der Waals surface area contributed by atoms with Crippen LogP contribution in [0.1, 0.15) is 0 Å². The van der Waals surface area contributed by atoms with Crippen LogP contribution in [0.15, 0.2) is 27.6 Å². The molecule has 1 aromatic rings. The van der Waals surface area contributed by atoms with Crippen LogP contribution in [0.3, 0.4) is 0 Å². The summed E-state index contributed by atoms with van der Waals surface area (Å²) < 4.78 is 12.5. The molecule has 0 saturated carbocycles. The standard InChI is InChI=1S/C9H8BrNO2S/c1-11-7-4-6(10)2-3-8(7)14(13)5-9(11)12/h2-4H,5H2,1H3. The van der Waals surface area contributed by atoms with Crippen molar-refractivity contribution in [3.63, 3.8) is 0 Å². The highest BCUT2D eigenvalue weighted by Gasteiger charge is 2.26. The minimum atomic E-state index is -1.19. The van der Waals surface area contributed by atoms with Gasteiger partial charge < -0.3 is 4.90 Å². The number of rotatable bonds is 0. The van der Waals surface area contributed by atoms with Crippen LogP contribution in [0.2, 0.25) is 0 Å². The predicted molar refractivity (Wildman–Crippen MR) is 58.8 cm³/mol. The summed E-state index contributed by atoms with van der Waals surface area (Å²) >= 11 is 3.32. The molecule has 1 amide bonds. The van der Waals surface area contributed by atoms with Crippen molar-refractivity contribution in [2.75, 3.05) is 17.7 Å². The van der Waals surface area contributed by atoms with Crippen LogP contribution >= 0.6 is 15.9 Å². The van der Waals surface area contributed by atoms with Crippen molar-refractivity contribution in [3.05, 3.63) is 22.7 Å². The molecule has 0 N–H and O–H groups in total.